The number of hydrogen-bond acceptors (Lipinski definition) is 5. The van der Waals surface area contributed by atoms with E-state index in [4.69, 9.17) is 9.15 Å². The molecule has 0 bridgehead atoms. The van der Waals surface area contributed by atoms with Gasteiger partial charge < -0.3 is 19.4 Å². The van der Waals surface area contributed by atoms with E-state index in [2.05, 4.69) is 5.32 Å². The summed E-state index contributed by atoms with van der Waals surface area (Å²) in [7, 11) is 1.55. The van der Waals surface area contributed by atoms with Crippen molar-refractivity contribution in [3.8, 4) is 0 Å². The summed E-state index contributed by atoms with van der Waals surface area (Å²) < 4.78 is 10.6. The molecule has 0 fully saturated rings. The Kier molecular flexibility index (Phi) is 8.49. The van der Waals surface area contributed by atoms with Gasteiger partial charge >= 0.3 is 5.97 Å². The van der Waals surface area contributed by atoms with Gasteiger partial charge in [-0.3, -0.25) is 14.4 Å². The zero-order valence-electron chi connectivity index (χ0n) is 20.5. The smallest absolute Gasteiger partial charge is 0.307 e. The molecule has 1 heterocycles. The van der Waals surface area contributed by atoms with Crippen molar-refractivity contribution >= 4 is 23.5 Å². The van der Waals surface area contributed by atoms with Crippen LogP contribution in [0.2, 0.25) is 0 Å². The maximum Gasteiger partial charge on any atom is 0.307 e. The molecule has 0 saturated heterocycles. The van der Waals surface area contributed by atoms with Crippen LogP contribution < -0.4 is 10.2 Å². The predicted octanol–water partition coefficient (Wildman–Crippen LogP) is 4.94. The van der Waals surface area contributed by atoms with E-state index in [-0.39, 0.29) is 24.8 Å². The van der Waals surface area contributed by atoms with E-state index in [1.54, 1.807) is 43.4 Å². The molecule has 0 aliphatic rings. The number of hydrogen-bond donors (Lipinski definition) is 1. The first-order valence-electron chi connectivity index (χ1n) is 11.9. The second-order valence-corrected chi connectivity index (χ2v) is 8.47. The van der Waals surface area contributed by atoms with E-state index in [0.29, 0.717) is 17.0 Å². The van der Waals surface area contributed by atoms with Gasteiger partial charge in [-0.1, -0.05) is 72.8 Å². The number of amides is 2. The zero-order valence-corrected chi connectivity index (χ0v) is 20.5. The molecule has 0 atom stereocenters. The monoisotopic (exact) mass is 496 g/mol. The fraction of sp³-hybridized carbons (Fsp3) is 0.167. The van der Waals surface area contributed by atoms with Crippen molar-refractivity contribution < 1.29 is 23.5 Å². The number of benzene rings is 3. The molecule has 1 N–H and O–H groups in total. The third kappa shape index (κ3) is 6.73. The van der Waals surface area contributed by atoms with Crippen LogP contribution in [0, 0.1) is 0 Å². The minimum atomic E-state index is -0.482. The summed E-state index contributed by atoms with van der Waals surface area (Å²) in [6, 6.07) is 29.7. The van der Waals surface area contributed by atoms with Crippen LogP contribution in [-0.4, -0.2) is 31.4 Å². The molecule has 7 nitrogen and oxygen atoms in total. The van der Waals surface area contributed by atoms with Gasteiger partial charge in [0.1, 0.15) is 5.76 Å². The second kappa shape index (κ2) is 12.4. The van der Waals surface area contributed by atoms with Crippen LogP contribution in [0.3, 0.4) is 0 Å². The molecule has 3 aromatic carbocycles. The van der Waals surface area contributed by atoms with Gasteiger partial charge in [-0.25, -0.2) is 0 Å². The van der Waals surface area contributed by atoms with Crippen molar-refractivity contribution in [2.45, 2.75) is 18.9 Å². The van der Waals surface area contributed by atoms with Crippen molar-refractivity contribution in [1.82, 2.24) is 5.32 Å². The second-order valence-electron chi connectivity index (χ2n) is 8.47. The number of likely N-dealkylation sites (N-methyl/N-ethyl adjacent to an activating group) is 1. The molecule has 0 aliphatic heterocycles. The van der Waals surface area contributed by atoms with Gasteiger partial charge in [-0.05, 0) is 35.4 Å². The van der Waals surface area contributed by atoms with E-state index < -0.39 is 18.5 Å². The van der Waals surface area contributed by atoms with Crippen LogP contribution in [-0.2, 0) is 20.9 Å². The summed E-state index contributed by atoms with van der Waals surface area (Å²) in [6.07, 6.45) is 1.63. The quantitative estimate of drug-likeness (QED) is 0.314. The molecule has 0 aliphatic carbocycles. The van der Waals surface area contributed by atoms with Crippen LogP contribution in [0.5, 0.6) is 0 Å². The number of rotatable bonds is 10. The Hall–Kier alpha value is -4.65. The molecular formula is C30H28N2O5. The highest BCUT2D eigenvalue weighted by atomic mass is 16.5. The Morgan fingerprint density at radius 1 is 0.838 bits per heavy atom. The van der Waals surface area contributed by atoms with E-state index in [1.807, 2.05) is 60.7 Å². The van der Waals surface area contributed by atoms with Crippen molar-refractivity contribution in [3.63, 3.8) is 0 Å². The number of para-hydroxylation sites is 1. The molecule has 37 heavy (non-hydrogen) atoms. The van der Waals surface area contributed by atoms with Crippen molar-refractivity contribution in [2.75, 3.05) is 18.6 Å². The Balaban J connectivity index is 1.38. The fourth-order valence-electron chi connectivity index (χ4n) is 4.03. The molecular weight excluding hydrogens is 468 g/mol. The zero-order chi connectivity index (χ0) is 26.0. The molecule has 0 radical (unpaired) electrons. The number of carbonyl (C=O) groups is 3. The normalized spacial score (nSPS) is 10.6. The number of carbonyl (C=O) groups excluding carboxylic acids is 3. The lowest BCUT2D eigenvalue weighted by Crippen LogP contribution is -2.33. The molecule has 0 saturated carbocycles. The van der Waals surface area contributed by atoms with Crippen LogP contribution in [0.4, 0.5) is 5.69 Å². The summed E-state index contributed by atoms with van der Waals surface area (Å²) in [5.41, 5.74) is 2.71. The topological polar surface area (TPSA) is 88.8 Å². The average Bonchev–Trinajstić information content (AvgIpc) is 3.47. The van der Waals surface area contributed by atoms with E-state index in [0.717, 1.165) is 11.1 Å². The van der Waals surface area contributed by atoms with Gasteiger partial charge in [-0.2, -0.15) is 0 Å². The molecule has 188 valence electrons. The molecule has 4 aromatic rings. The SMILES string of the molecule is CN(C(=O)COC(=O)CC(c1ccccc1)c1ccccc1)c1ccccc1C(=O)NCc1ccco1. The van der Waals surface area contributed by atoms with Crippen LogP contribution in [0.1, 0.15) is 39.6 Å². The Morgan fingerprint density at radius 3 is 2.08 bits per heavy atom. The van der Waals surface area contributed by atoms with E-state index >= 15 is 0 Å². The summed E-state index contributed by atoms with van der Waals surface area (Å²) in [4.78, 5) is 39.8. The number of ether oxygens (including phenoxy) is 1. The lowest BCUT2D eigenvalue weighted by Gasteiger charge is -2.21. The number of nitrogens with zero attached hydrogens (tertiary/aromatic N) is 1. The minimum Gasteiger partial charge on any atom is -0.467 e. The number of anilines is 1. The summed E-state index contributed by atoms with van der Waals surface area (Å²) in [5, 5.41) is 2.78. The molecule has 7 heteroatoms. The maximum atomic E-state index is 12.9. The van der Waals surface area contributed by atoms with Crippen LogP contribution in [0.25, 0.3) is 0 Å². The molecule has 0 unspecified atom stereocenters. The molecule has 1 aromatic heterocycles. The molecule has 2 amide bonds. The Morgan fingerprint density at radius 2 is 1.46 bits per heavy atom. The third-order valence-corrected chi connectivity index (χ3v) is 6.02. The van der Waals surface area contributed by atoms with Crippen molar-refractivity contribution in [2.24, 2.45) is 0 Å². The Labute approximate surface area is 215 Å². The van der Waals surface area contributed by atoms with Crippen LogP contribution >= 0.6 is 0 Å². The maximum absolute atomic E-state index is 12.9. The highest BCUT2D eigenvalue weighted by molar-refractivity contribution is 6.05. The lowest BCUT2D eigenvalue weighted by atomic mass is 9.89. The van der Waals surface area contributed by atoms with E-state index in [1.165, 1.54) is 11.2 Å². The predicted molar refractivity (Wildman–Crippen MR) is 140 cm³/mol. The fourth-order valence-corrected chi connectivity index (χ4v) is 4.03. The van der Waals surface area contributed by atoms with Gasteiger partial charge in [0.15, 0.2) is 6.61 Å². The summed E-state index contributed by atoms with van der Waals surface area (Å²) in [6.45, 7) is -0.215. The largest absolute Gasteiger partial charge is 0.467 e. The minimum absolute atomic E-state index is 0.0940. The number of nitrogens with one attached hydrogen (secondary N) is 1. The van der Waals surface area contributed by atoms with Gasteiger partial charge in [0.2, 0.25) is 0 Å². The first kappa shape index (κ1) is 25.4. The van der Waals surface area contributed by atoms with Crippen molar-refractivity contribution in [3.05, 3.63) is 126 Å². The average molecular weight is 497 g/mol. The summed E-state index contributed by atoms with van der Waals surface area (Å²) >= 11 is 0. The highest BCUT2D eigenvalue weighted by Crippen LogP contribution is 2.28. The van der Waals surface area contributed by atoms with Gasteiger partial charge in [0.25, 0.3) is 11.8 Å². The summed E-state index contributed by atoms with van der Waals surface area (Å²) in [5.74, 6) is -0.857. The lowest BCUT2D eigenvalue weighted by molar-refractivity contribution is -0.148. The Bertz CT molecular complexity index is 1280. The molecule has 0 spiro atoms. The first-order chi connectivity index (χ1) is 18.0. The first-order valence-corrected chi connectivity index (χ1v) is 11.9. The highest BCUT2D eigenvalue weighted by Gasteiger charge is 2.22. The van der Waals surface area contributed by atoms with Crippen molar-refractivity contribution in [1.29, 1.82) is 0 Å². The number of esters is 1. The van der Waals surface area contributed by atoms with Crippen LogP contribution in [0.15, 0.2) is 108 Å². The molecule has 4 rings (SSSR count). The number of furan rings is 1. The van der Waals surface area contributed by atoms with Gasteiger partial charge in [0.05, 0.1) is 30.5 Å². The third-order valence-electron chi connectivity index (χ3n) is 6.02. The standard InChI is InChI=1S/C30H28N2O5/c1-32(27-17-9-8-16-25(27)30(35)31-20-24-15-10-18-36-24)28(33)21-37-29(34)19-26(22-11-4-2-5-12-22)23-13-6-3-7-14-23/h2-18,26H,19-21H2,1H3,(H,31,35). The van der Waals surface area contributed by atoms with E-state index in [9.17, 15) is 14.4 Å². The van der Waals surface area contributed by atoms with Gasteiger partial charge in [0, 0.05) is 13.0 Å². The van der Waals surface area contributed by atoms with Gasteiger partial charge in [-0.15, -0.1) is 0 Å².